The predicted octanol–water partition coefficient (Wildman–Crippen LogP) is 5.59. The third-order valence-corrected chi connectivity index (χ3v) is 5.20. The summed E-state index contributed by atoms with van der Waals surface area (Å²) in [7, 11) is 0. The maximum Gasteiger partial charge on any atom is 0.573 e. The van der Waals surface area contributed by atoms with Gasteiger partial charge in [0.2, 0.25) is 17.8 Å². The van der Waals surface area contributed by atoms with E-state index in [9.17, 15) is 22.0 Å². The van der Waals surface area contributed by atoms with Crippen molar-refractivity contribution in [2.45, 2.75) is 19.5 Å². The molecule has 0 spiro atoms. The zero-order valence-corrected chi connectivity index (χ0v) is 21.2. The van der Waals surface area contributed by atoms with E-state index in [2.05, 4.69) is 46.5 Å². The lowest BCUT2D eigenvalue weighted by atomic mass is 10.2. The molecule has 0 aliphatic carbocycles. The number of hydrogen-bond acceptors (Lipinski definition) is 8. The number of nitrogens with one attached hydrogen (secondary N) is 5. The summed E-state index contributed by atoms with van der Waals surface area (Å²) >= 11 is 5.21. The normalized spacial score (nSPS) is 10.9. The average Bonchev–Trinajstić information content (AvgIpc) is 2.92. The fourth-order valence-electron chi connectivity index (χ4n) is 3.17. The highest BCUT2D eigenvalue weighted by Crippen LogP contribution is 2.24. The summed E-state index contributed by atoms with van der Waals surface area (Å²) in [4.78, 5) is 12.9. The van der Waals surface area contributed by atoms with Crippen molar-refractivity contribution in [3.63, 3.8) is 0 Å². The van der Waals surface area contributed by atoms with Crippen molar-refractivity contribution in [1.29, 1.82) is 0 Å². The van der Waals surface area contributed by atoms with Gasteiger partial charge in [0, 0.05) is 18.8 Å². The monoisotopic (exact) mass is 576 g/mol. The molecule has 0 bridgehead atoms. The van der Waals surface area contributed by atoms with Gasteiger partial charge in [-0.1, -0.05) is 24.3 Å². The summed E-state index contributed by atoms with van der Waals surface area (Å²) in [6.07, 6.45) is -4.79. The van der Waals surface area contributed by atoms with Crippen LogP contribution in [0.3, 0.4) is 0 Å². The molecule has 3 aromatic carbocycles. The predicted molar refractivity (Wildman–Crippen MR) is 143 cm³/mol. The van der Waals surface area contributed by atoms with E-state index >= 15 is 0 Å². The molecule has 1 aromatic heterocycles. The number of thiocarbonyl (C=S) groups is 1. The Morgan fingerprint density at radius 2 is 1.18 bits per heavy atom. The van der Waals surface area contributed by atoms with Crippen LogP contribution in [0.15, 0.2) is 72.8 Å². The molecular formula is C25H21F5N8OS. The van der Waals surface area contributed by atoms with Crippen molar-refractivity contribution in [2.75, 3.05) is 21.4 Å². The van der Waals surface area contributed by atoms with Crippen molar-refractivity contribution in [3.8, 4) is 5.75 Å². The van der Waals surface area contributed by atoms with E-state index in [4.69, 9.17) is 12.2 Å². The van der Waals surface area contributed by atoms with Crippen LogP contribution in [0.1, 0.15) is 11.1 Å². The lowest BCUT2D eigenvalue weighted by Crippen LogP contribution is -2.34. The summed E-state index contributed by atoms with van der Waals surface area (Å²) < 4.78 is 67.3. The molecule has 0 unspecified atom stereocenters. The van der Waals surface area contributed by atoms with Gasteiger partial charge in [-0.15, -0.1) is 13.2 Å². The van der Waals surface area contributed by atoms with Gasteiger partial charge < -0.3 is 20.7 Å². The van der Waals surface area contributed by atoms with E-state index < -0.39 is 6.36 Å². The summed E-state index contributed by atoms with van der Waals surface area (Å²) in [6, 6.07) is 16.8. The van der Waals surface area contributed by atoms with Crippen LogP contribution >= 0.6 is 12.2 Å². The van der Waals surface area contributed by atoms with E-state index in [1.54, 1.807) is 24.3 Å². The van der Waals surface area contributed by atoms with Crippen LogP contribution in [0, 0.1) is 11.6 Å². The first-order chi connectivity index (χ1) is 19.1. The number of rotatable bonds is 10. The van der Waals surface area contributed by atoms with Crippen molar-refractivity contribution in [1.82, 2.24) is 20.4 Å². The Balaban J connectivity index is 1.40. The lowest BCUT2D eigenvalue weighted by Gasteiger charge is -2.14. The van der Waals surface area contributed by atoms with E-state index in [0.29, 0.717) is 18.8 Å². The summed E-state index contributed by atoms with van der Waals surface area (Å²) in [6.45, 7) is 0.588. The van der Waals surface area contributed by atoms with Crippen molar-refractivity contribution in [3.05, 3.63) is 95.6 Å². The lowest BCUT2D eigenvalue weighted by molar-refractivity contribution is -0.274. The molecule has 4 rings (SSSR count). The van der Waals surface area contributed by atoms with Crippen LogP contribution in [0.25, 0.3) is 0 Å². The molecule has 1 heterocycles. The highest BCUT2D eigenvalue weighted by Gasteiger charge is 2.30. The summed E-state index contributed by atoms with van der Waals surface area (Å²) in [5, 5.41) is 8.92. The molecular weight excluding hydrogens is 555 g/mol. The second kappa shape index (κ2) is 12.8. The van der Waals surface area contributed by atoms with Crippen LogP contribution in [0.4, 0.5) is 45.5 Å². The maximum atomic E-state index is 13.2. The Morgan fingerprint density at radius 1 is 0.700 bits per heavy atom. The molecule has 0 amide bonds. The van der Waals surface area contributed by atoms with Crippen molar-refractivity contribution < 1.29 is 26.7 Å². The maximum absolute atomic E-state index is 13.2. The van der Waals surface area contributed by atoms with Gasteiger partial charge in [-0.25, -0.2) is 8.78 Å². The first kappa shape index (κ1) is 28.2. The van der Waals surface area contributed by atoms with E-state index in [-0.39, 0.29) is 40.3 Å². The number of aromatic nitrogens is 3. The quantitative estimate of drug-likeness (QED) is 0.0932. The van der Waals surface area contributed by atoms with E-state index in [0.717, 1.165) is 23.3 Å². The molecule has 0 aliphatic rings. The molecule has 0 saturated carbocycles. The van der Waals surface area contributed by atoms with Crippen molar-refractivity contribution >= 4 is 40.9 Å². The molecule has 0 aliphatic heterocycles. The Hall–Kier alpha value is -4.79. The first-order valence-electron chi connectivity index (χ1n) is 11.5. The van der Waals surface area contributed by atoms with Gasteiger partial charge in [-0.2, -0.15) is 15.0 Å². The van der Waals surface area contributed by atoms with Crippen LogP contribution in [-0.2, 0) is 13.1 Å². The molecule has 208 valence electrons. The van der Waals surface area contributed by atoms with E-state index in [1.807, 2.05) is 0 Å². The van der Waals surface area contributed by atoms with Crippen LogP contribution in [-0.4, -0.2) is 26.4 Å². The van der Waals surface area contributed by atoms with Gasteiger partial charge >= 0.3 is 6.36 Å². The van der Waals surface area contributed by atoms with Crippen molar-refractivity contribution in [2.24, 2.45) is 0 Å². The fourth-order valence-corrected chi connectivity index (χ4v) is 3.34. The number of ether oxygens (including phenoxy) is 1. The van der Waals surface area contributed by atoms with Gasteiger partial charge in [0.05, 0.1) is 0 Å². The fraction of sp³-hybridized carbons (Fsp3) is 0.120. The summed E-state index contributed by atoms with van der Waals surface area (Å²) in [5.74, 6) is -0.653. The molecule has 0 fully saturated rings. The molecule has 40 heavy (non-hydrogen) atoms. The highest BCUT2D eigenvalue weighted by molar-refractivity contribution is 7.80. The largest absolute Gasteiger partial charge is 0.573 e. The third-order valence-electron chi connectivity index (χ3n) is 5.00. The number of alkyl halides is 3. The van der Waals surface area contributed by atoms with Crippen LogP contribution < -0.4 is 31.5 Å². The van der Waals surface area contributed by atoms with Gasteiger partial charge in [0.1, 0.15) is 17.4 Å². The smallest absolute Gasteiger partial charge is 0.406 e. The Morgan fingerprint density at radius 3 is 1.65 bits per heavy atom. The first-order valence-corrected chi connectivity index (χ1v) is 11.9. The summed E-state index contributed by atoms with van der Waals surface area (Å²) in [5.41, 5.74) is 7.38. The Kier molecular flexibility index (Phi) is 9.06. The highest BCUT2D eigenvalue weighted by atomic mass is 32.1. The SMILES string of the molecule is Fc1ccc(CNc2nc(NCc3ccc(F)cc3)nc(NNC(=S)Nc3ccc(OC(F)(F)F)cc3)n2)cc1. The van der Waals surface area contributed by atoms with E-state index in [1.165, 1.54) is 36.4 Å². The zero-order valence-electron chi connectivity index (χ0n) is 20.4. The molecule has 0 atom stereocenters. The van der Waals surface area contributed by atoms with Crippen LogP contribution in [0.2, 0.25) is 0 Å². The topological polar surface area (TPSA) is 108 Å². The number of nitrogens with zero attached hydrogens (tertiary/aromatic N) is 3. The molecule has 5 N–H and O–H groups in total. The minimum Gasteiger partial charge on any atom is -0.406 e. The second-order valence-corrected chi connectivity index (χ2v) is 8.45. The Labute approximate surface area is 230 Å². The molecule has 0 radical (unpaired) electrons. The molecule has 15 heteroatoms. The van der Waals surface area contributed by atoms with Gasteiger partial charge in [0.15, 0.2) is 5.11 Å². The van der Waals surface area contributed by atoms with Gasteiger partial charge in [0.25, 0.3) is 0 Å². The minimum atomic E-state index is -4.79. The zero-order chi connectivity index (χ0) is 28.5. The minimum absolute atomic E-state index is 0.0616. The van der Waals surface area contributed by atoms with Crippen LogP contribution in [0.5, 0.6) is 5.75 Å². The van der Waals surface area contributed by atoms with Gasteiger partial charge in [-0.05, 0) is 71.9 Å². The second-order valence-electron chi connectivity index (χ2n) is 8.04. The standard InChI is InChI=1S/C25H21F5N8OS/c26-17-5-1-15(2-6-17)13-31-21-34-22(32-14-16-3-7-18(27)8-4-16)36-23(35-21)37-38-24(40)33-19-9-11-20(12-10-19)39-25(28,29)30/h1-12H,13-14H2,(H2,33,38,40)(H3,31,32,34,35,36,37). The molecule has 4 aromatic rings. The third kappa shape index (κ3) is 9.20. The van der Waals surface area contributed by atoms with Gasteiger partial charge in [-0.3, -0.25) is 10.9 Å². The number of hydrogen-bond donors (Lipinski definition) is 5. The molecule has 0 saturated heterocycles. The number of hydrazine groups is 1. The average molecular weight is 577 g/mol. The number of anilines is 4. The number of halogens is 5. The number of benzene rings is 3. The molecule has 9 nitrogen and oxygen atoms in total. The Bertz CT molecular complexity index is 1350.